The second kappa shape index (κ2) is 7.60. The molecule has 6 heteroatoms. The molecule has 4 aromatic rings. The molecule has 0 saturated carbocycles. The van der Waals surface area contributed by atoms with Crippen LogP contribution in [-0.4, -0.2) is 20.3 Å². The highest BCUT2D eigenvalue weighted by atomic mass is 19.1. The Morgan fingerprint density at radius 1 is 1.14 bits per heavy atom. The summed E-state index contributed by atoms with van der Waals surface area (Å²) in [7, 11) is 0. The van der Waals surface area contributed by atoms with Gasteiger partial charge >= 0.3 is 0 Å². The number of carbonyl (C=O) groups excluding carboxylic acids is 1. The lowest BCUT2D eigenvalue weighted by molar-refractivity contribution is 0.0935. The van der Waals surface area contributed by atoms with Gasteiger partial charge in [0.05, 0.1) is 17.3 Å². The molecule has 3 aromatic heterocycles. The number of rotatable bonds is 5. The number of hydrogen-bond donors (Lipinski definition) is 1. The third-order valence-corrected chi connectivity index (χ3v) is 4.65. The van der Waals surface area contributed by atoms with Gasteiger partial charge in [0.1, 0.15) is 11.5 Å². The second-order valence-electron chi connectivity index (χ2n) is 6.54. The van der Waals surface area contributed by atoms with Gasteiger partial charge in [-0.25, -0.2) is 9.37 Å². The summed E-state index contributed by atoms with van der Waals surface area (Å²) < 4.78 is 14.9. The van der Waals surface area contributed by atoms with Crippen molar-refractivity contribution in [2.45, 2.75) is 19.4 Å². The molecule has 0 aliphatic heterocycles. The minimum absolute atomic E-state index is 0.102. The van der Waals surface area contributed by atoms with Crippen LogP contribution < -0.4 is 5.32 Å². The first-order valence-electron chi connectivity index (χ1n) is 9.09. The van der Waals surface area contributed by atoms with Gasteiger partial charge in [0, 0.05) is 30.4 Å². The van der Waals surface area contributed by atoms with Gasteiger partial charge in [0.2, 0.25) is 0 Å². The van der Waals surface area contributed by atoms with Gasteiger partial charge in [-0.05, 0) is 54.4 Å². The topological polar surface area (TPSA) is 59.3 Å². The van der Waals surface area contributed by atoms with Crippen molar-refractivity contribution in [3.63, 3.8) is 0 Å². The Morgan fingerprint density at radius 2 is 1.96 bits per heavy atom. The fourth-order valence-electron chi connectivity index (χ4n) is 3.13. The number of imidazole rings is 1. The van der Waals surface area contributed by atoms with Crippen molar-refractivity contribution in [3.8, 4) is 11.3 Å². The van der Waals surface area contributed by atoms with Crippen LogP contribution in [0.1, 0.15) is 35.3 Å². The summed E-state index contributed by atoms with van der Waals surface area (Å²) in [5.41, 5.74) is 3.77. The number of carbonyl (C=O) groups is 1. The zero-order valence-electron chi connectivity index (χ0n) is 15.3. The lowest BCUT2D eigenvalue weighted by Crippen LogP contribution is -2.28. The largest absolute Gasteiger partial charge is 0.345 e. The highest BCUT2D eigenvalue weighted by Gasteiger charge is 2.15. The first-order valence-corrected chi connectivity index (χ1v) is 9.09. The maximum Gasteiger partial charge on any atom is 0.253 e. The SMILES string of the molecule is CCC(NC(=O)c1ccc2nc(-c3ccc(F)cc3)cn2c1)c1cccnc1. The van der Waals surface area contributed by atoms with E-state index in [1.165, 1.54) is 12.1 Å². The summed E-state index contributed by atoms with van der Waals surface area (Å²) in [5.74, 6) is -0.444. The third kappa shape index (κ3) is 3.62. The van der Waals surface area contributed by atoms with Gasteiger partial charge in [0.15, 0.2) is 0 Å². The van der Waals surface area contributed by atoms with Gasteiger partial charge < -0.3 is 9.72 Å². The molecule has 0 saturated heterocycles. The summed E-state index contributed by atoms with van der Waals surface area (Å²) >= 11 is 0. The maximum atomic E-state index is 13.1. The van der Waals surface area contributed by atoms with E-state index < -0.39 is 0 Å². The molecule has 0 bridgehead atoms. The number of pyridine rings is 2. The molecular weight excluding hydrogens is 355 g/mol. The standard InChI is InChI=1S/C22H19FN4O/c1-2-19(16-4-3-11-24-12-16)26-22(28)17-7-10-21-25-20(14-27(21)13-17)15-5-8-18(23)9-6-15/h3-14,19H,2H2,1H3,(H,26,28). The molecule has 4 rings (SSSR count). The number of fused-ring (bicyclic) bond motifs is 1. The summed E-state index contributed by atoms with van der Waals surface area (Å²) in [5, 5.41) is 3.05. The zero-order valence-corrected chi connectivity index (χ0v) is 15.3. The molecule has 1 unspecified atom stereocenters. The van der Waals surface area contributed by atoms with Crippen molar-refractivity contribution >= 4 is 11.6 Å². The van der Waals surface area contributed by atoms with E-state index in [9.17, 15) is 9.18 Å². The van der Waals surface area contributed by atoms with Crippen molar-refractivity contribution in [2.24, 2.45) is 0 Å². The normalized spacial score (nSPS) is 12.1. The van der Waals surface area contributed by atoms with Gasteiger partial charge in [0.25, 0.3) is 5.91 Å². The number of aromatic nitrogens is 3. The van der Waals surface area contributed by atoms with Crippen molar-refractivity contribution in [1.29, 1.82) is 0 Å². The van der Waals surface area contributed by atoms with Crippen molar-refractivity contribution < 1.29 is 9.18 Å². The highest BCUT2D eigenvalue weighted by Crippen LogP contribution is 2.21. The van der Waals surface area contributed by atoms with Gasteiger partial charge in [-0.1, -0.05) is 13.0 Å². The molecule has 1 aromatic carbocycles. The Bertz CT molecular complexity index is 1110. The lowest BCUT2D eigenvalue weighted by Gasteiger charge is -2.17. The number of amides is 1. The summed E-state index contributed by atoms with van der Waals surface area (Å²) in [4.78, 5) is 21.4. The average molecular weight is 374 g/mol. The minimum atomic E-state index is -0.287. The fourth-order valence-corrected chi connectivity index (χ4v) is 3.13. The number of nitrogens with zero attached hydrogens (tertiary/aromatic N) is 3. The average Bonchev–Trinajstić information content (AvgIpc) is 3.16. The smallest absolute Gasteiger partial charge is 0.253 e. The third-order valence-electron chi connectivity index (χ3n) is 4.65. The van der Waals surface area contributed by atoms with E-state index in [1.807, 2.05) is 25.3 Å². The molecule has 0 radical (unpaired) electrons. The summed E-state index contributed by atoms with van der Waals surface area (Å²) in [6, 6.07) is 13.4. The molecule has 0 aliphatic rings. The number of hydrogen-bond acceptors (Lipinski definition) is 3. The minimum Gasteiger partial charge on any atom is -0.345 e. The molecule has 1 N–H and O–H groups in total. The molecule has 5 nitrogen and oxygen atoms in total. The second-order valence-corrected chi connectivity index (χ2v) is 6.54. The Kier molecular flexibility index (Phi) is 4.85. The van der Waals surface area contributed by atoms with Crippen molar-refractivity contribution in [1.82, 2.24) is 19.7 Å². The molecule has 1 atom stereocenters. The molecule has 0 aliphatic carbocycles. The Balaban J connectivity index is 1.58. The molecule has 3 heterocycles. The number of benzene rings is 1. The van der Waals surface area contributed by atoms with Gasteiger partial charge in [-0.3, -0.25) is 9.78 Å². The number of nitrogens with one attached hydrogen (secondary N) is 1. The van der Waals surface area contributed by atoms with E-state index in [4.69, 9.17) is 0 Å². The lowest BCUT2D eigenvalue weighted by atomic mass is 10.1. The van der Waals surface area contributed by atoms with Gasteiger partial charge in [-0.2, -0.15) is 0 Å². The first kappa shape index (κ1) is 17.9. The predicted molar refractivity (Wildman–Crippen MR) is 105 cm³/mol. The Labute approximate surface area is 161 Å². The van der Waals surface area contributed by atoms with E-state index in [0.29, 0.717) is 5.56 Å². The van der Waals surface area contributed by atoms with E-state index in [0.717, 1.165) is 28.9 Å². The molecule has 140 valence electrons. The summed E-state index contributed by atoms with van der Waals surface area (Å²) in [6.07, 6.45) is 7.82. The fraction of sp³-hybridized carbons (Fsp3) is 0.136. The van der Waals surface area contributed by atoms with Crippen LogP contribution in [0.25, 0.3) is 16.9 Å². The summed E-state index contributed by atoms with van der Waals surface area (Å²) in [6.45, 7) is 2.02. The monoisotopic (exact) mass is 374 g/mol. The van der Waals surface area contributed by atoms with Crippen LogP contribution in [-0.2, 0) is 0 Å². The predicted octanol–water partition coefficient (Wildman–Crippen LogP) is 4.42. The van der Waals surface area contributed by atoms with Crippen LogP contribution in [0, 0.1) is 5.82 Å². The molecule has 28 heavy (non-hydrogen) atoms. The molecule has 1 amide bonds. The van der Waals surface area contributed by atoms with Crippen LogP contribution in [0.15, 0.2) is 73.3 Å². The van der Waals surface area contributed by atoms with E-state index in [-0.39, 0.29) is 17.8 Å². The zero-order chi connectivity index (χ0) is 19.5. The Morgan fingerprint density at radius 3 is 2.68 bits per heavy atom. The number of halogens is 1. The van der Waals surface area contributed by atoms with E-state index in [1.54, 1.807) is 47.3 Å². The first-order chi connectivity index (χ1) is 13.6. The maximum absolute atomic E-state index is 13.1. The quantitative estimate of drug-likeness (QED) is 0.563. The van der Waals surface area contributed by atoms with Crippen LogP contribution >= 0.6 is 0 Å². The van der Waals surface area contributed by atoms with Crippen LogP contribution in [0.5, 0.6) is 0 Å². The van der Waals surface area contributed by atoms with E-state index >= 15 is 0 Å². The Hall–Kier alpha value is -3.54. The molecular formula is C22H19FN4O. The van der Waals surface area contributed by atoms with Gasteiger partial charge in [-0.15, -0.1) is 0 Å². The van der Waals surface area contributed by atoms with Crippen LogP contribution in [0.2, 0.25) is 0 Å². The molecule has 0 fully saturated rings. The molecule has 0 spiro atoms. The van der Waals surface area contributed by atoms with Crippen molar-refractivity contribution in [3.05, 3.63) is 90.3 Å². The van der Waals surface area contributed by atoms with Crippen LogP contribution in [0.4, 0.5) is 4.39 Å². The van der Waals surface area contributed by atoms with Crippen molar-refractivity contribution in [2.75, 3.05) is 0 Å². The van der Waals surface area contributed by atoms with Crippen LogP contribution in [0.3, 0.4) is 0 Å². The van der Waals surface area contributed by atoms with E-state index in [2.05, 4.69) is 15.3 Å². The highest BCUT2D eigenvalue weighted by molar-refractivity contribution is 5.94.